The average molecular weight is 326 g/mol. The van der Waals surface area contributed by atoms with Crippen molar-refractivity contribution >= 4 is 16.1 Å². The third-order valence-corrected chi connectivity index (χ3v) is 3.63. The average Bonchev–Trinajstić information content (AvgIpc) is 2.90. The van der Waals surface area contributed by atoms with Crippen molar-refractivity contribution in [1.29, 1.82) is 0 Å². The minimum absolute atomic E-state index is 0.149. The van der Waals surface area contributed by atoms with E-state index in [1.165, 1.54) is 6.21 Å². The lowest BCUT2D eigenvalue weighted by Gasteiger charge is -1.98. The van der Waals surface area contributed by atoms with E-state index in [9.17, 15) is 21.6 Å². The van der Waals surface area contributed by atoms with Crippen LogP contribution >= 0.6 is 0 Å². The fourth-order valence-electron chi connectivity index (χ4n) is 1.19. The number of nitrogens with zero attached hydrogens (tertiary/aromatic N) is 2. The molecule has 0 spiro atoms. The highest BCUT2D eigenvalue weighted by Gasteiger charge is 2.22. The van der Waals surface area contributed by atoms with Crippen molar-refractivity contribution in [3.63, 3.8) is 0 Å². The highest BCUT2D eigenvalue weighted by atomic mass is 32.2. The summed E-state index contributed by atoms with van der Waals surface area (Å²) in [6.07, 6.45) is -0.816. The second-order valence-corrected chi connectivity index (χ2v) is 5.72. The number of aromatic nitrogens is 1. The Morgan fingerprint density at radius 1 is 1.48 bits per heavy atom. The van der Waals surface area contributed by atoms with Crippen LogP contribution < -0.4 is 0 Å². The number of hydrogen-bond acceptors (Lipinski definition) is 6. The van der Waals surface area contributed by atoms with E-state index >= 15 is 0 Å². The van der Waals surface area contributed by atoms with Gasteiger partial charge in [-0.15, -0.1) is 0 Å². The molecule has 1 rings (SSSR count). The Morgan fingerprint density at radius 2 is 2.19 bits per heavy atom. The first-order valence-electron chi connectivity index (χ1n) is 5.87. The van der Waals surface area contributed by atoms with Crippen LogP contribution in [0.2, 0.25) is 0 Å². The van der Waals surface area contributed by atoms with Gasteiger partial charge in [0.25, 0.3) is 0 Å². The van der Waals surface area contributed by atoms with Crippen molar-refractivity contribution in [3.8, 4) is 0 Å². The molecule has 0 aromatic carbocycles. The number of oxime groups is 1. The van der Waals surface area contributed by atoms with Crippen molar-refractivity contribution in [1.82, 2.24) is 4.98 Å². The van der Waals surface area contributed by atoms with Crippen LogP contribution in [0.5, 0.6) is 0 Å². The minimum atomic E-state index is -4.06. The molecule has 10 heteroatoms. The van der Waals surface area contributed by atoms with E-state index in [0.717, 1.165) is 6.20 Å². The van der Waals surface area contributed by atoms with E-state index in [1.807, 2.05) is 0 Å². The zero-order valence-corrected chi connectivity index (χ0v) is 11.9. The van der Waals surface area contributed by atoms with Gasteiger partial charge < -0.3 is 9.25 Å². The molecule has 0 unspecified atom stereocenters. The van der Waals surface area contributed by atoms with Gasteiger partial charge in [0.2, 0.25) is 9.84 Å². The van der Waals surface area contributed by atoms with Crippen molar-refractivity contribution in [2.45, 2.75) is 25.0 Å². The van der Waals surface area contributed by atoms with Gasteiger partial charge in [0.05, 0.1) is 18.2 Å². The first-order valence-corrected chi connectivity index (χ1v) is 7.53. The molecule has 0 fully saturated rings. The van der Waals surface area contributed by atoms with Gasteiger partial charge in [0.1, 0.15) is 12.4 Å². The maximum Gasteiger partial charge on any atom is 0.315 e. The molecule has 1 heterocycles. The standard InChI is InChI=1S/C11H13F3N2O4S/c1-2-19-16-5-3-8-7-15-11(20-8)21(17,18)6-4-9(12)10(13)14/h5,7H,2-4,6H2,1H3/b16-5+. The van der Waals surface area contributed by atoms with Crippen LogP contribution in [0, 0.1) is 0 Å². The molecule has 0 bridgehead atoms. The SMILES string of the molecule is CCO/N=C/Cc1cnc(S(=O)(=O)CCC(F)=C(F)F)o1. The number of rotatable bonds is 8. The summed E-state index contributed by atoms with van der Waals surface area (Å²) in [5.74, 6) is -2.43. The van der Waals surface area contributed by atoms with Crippen LogP contribution in [-0.2, 0) is 21.1 Å². The molecule has 1 aromatic heterocycles. The summed E-state index contributed by atoms with van der Waals surface area (Å²) in [7, 11) is -4.06. The Bertz CT molecular complexity index is 621. The molecule has 0 N–H and O–H groups in total. The quantitative estimate of drug-likeness (QED) is 0.541. The van der Waals surface area contributed by atoms with Crippen molar-refractivity contribution in [2.75, 3.05) is 12.4 Å². The molecule has 0 saturated heterocycles. The van der Waals surface area contributed by atoms with Crippen LogP contribution in [0.15, 0.2) is 32.9 Å². The van der Waals surface area contributed by atoms with Gasteiger partial charge in [-0.05, 0) is 6.92 Å². The maximum absolute atomic E-state index is 12.6. The first-order chi connectivity index (χ1) is 9.86. The molecule has 0 aliphatic heterocycles. The number of sulfone groups is 1. The van der Waals surface area contributed by atoms with Gasteiger partial charge >= 0.3 is 11.3 Å². The number of halogens is 3. The summed E-state index contributed by atoms with van der Waals surface area (Å²) in [5.41, 5.74) is 0. The second-order valence-electron chi connectivity index (χ2n) is 3.74. The molecule has 118 valence electrons. The molecule has 0 radical (unpaired) electrons. The summed E-state index contributed by atoms with van der Waals surface area (Å²) in [5, 5.41) is 2.89. The molecule has 0 aliphatic rings. The number of hydrogen-bond donors (Lipinski definition) is 0. The molecule has 21 heavy (non-hydrogen) atoms. The first kappa shape index (κ1) is 17.2. The largest absolute Gasteiger partial charge is 0.433 e. The monoisotopic (exact) mass is 326 g/mol. The van der Waals surface area contributed by atoms with Gasteiger partial charge in [-0.25, -0.2) is 17.8 Å². The Kier molecular flexibility index (Phi) is 6.40. The fraction of sp³-hybridized carbons (Fsp3) is 0.455. The van der Waals surface area contributed by atoms with Crippen LogP contribution in [0.25, 0.3) is 0 Å². The second kappa shape index (κ2) is 7.81. The van der Waals surface area contributed by atoms with E-state index in [-0.39, 0.29) is 12.2 Å². The van der Waals surface area contributed by atoms with Crippen molar-refractivity contribution in [3.05, 3.63) is 23.9 Å². The predicted octanol–water partition coefficient (Wildman–Crippen LogP) is 2.48. The van der Waals surface area contributed by atoms with E-state index in [2.05, 4.69) is 15.0 Å². The van der Waals surface area contributed by atoms with E-state index < -0.39 is 39.1 Å². The van der Waals surface area contributed by atoms with Gasteiger partial charge in [-0.2, -0.15) is 8.78 Å². The molecule has 1 aromatic rings. The molecule has 0 aliphatic carbocycles. The van der Waals surface area contributed by atoms with E-state index in [4.69, 9.17) is 4.42 Å². The normalized spacial score (nSPS) is 11.8. The predicted molar refractivity (Wildman–Crippen MR) is 67.3 cm³/mol. The third kappa shape index (κ3) is 5.58. The maximum atomic E-state index is 12.6. The summed E-state index contributed by atoms with van der Waals surface area (Å²) >= 11 is 0. The Hall–Kier alpha value is -1.84. The molecule has 0 atom stereocenters. The highest BCUT2D eigenvalue weighted by molar-refractivity contribution is 7.91. The molecule has 0 saturated carbocycles. The Morgan fingerprint density at radius 3 is 2.81 bits per heavy atom. The van der Waals surface area contributed by atoms with Crippen molar-refractivity contribution in [2.24, 2.45) is 5.16 Å². The van der Waals surface area contributed by atoms with E-state index in [1.54, 1.807) is 6.92 Å². The summed E-state index contributed by atoms with van der Waals surface area (Å²) < 4.78 is 64.7. The molecular formula is C11H13F3N2O4S. The van der Waals surface area contributed by atoms with Crippen LogP contribution in [0.4, 0.5) is 13.2 Å². The van der Waals surface area contributed by atoms with Gasteiger partial charge in [0, 0.05) is 12.8 Å². The summed E-state index contributed by atoms with van der Waals surface area (Å²) in [6, 6.07) is 0. The van der Waals surface area contributed by atoms with Gasteiger partial charge in [0.15, 0.2) is 5.83 Å². The molecule has 6 nitrogen and oxygen atoms in total. The molecule has 0 amide bonds. The highest BCUT2D eigenvalue weighted by Crippen LogP contribution is 2.18. The Labute approximate surface area is 119 Å². The van der Waals surface area contributed by atoms with Gasteiger partial charge in [-0.1, -0.05) is 5.16 Å². The fourth-order valence-corrected chi connectivity index (χ4v) is 2.26. The van der Waals surface area contributed by atoms with Crippen LogP contribution in [0.1, 0.15) is 19.1 Å². The topological polar surface area (TPSA) is 81.8 Å². The molecular weight excluding hydrogens is 313 g/mol. The lowest BCUT2D eigenvalue weighted by molar-refractivity contribution is 0.160. The minimum Gasteiger partial charge on any atom is -0.433 e. The lowest BCUT2D eigenvalue weighted by Crippen LogP contribution is -2.07. The number of allylic oxidation sites excluding steroid dienone is 1. The number of oxazole rings is 1. The smallest absolute Gasteiger partial charge is 0.315 e. The Balaban J connectivity index is 2.68. The van der Waals surface area contributed by atoms with Crippen molar-refractivity contribution < 1.29 is 30.8 Å². The summed E-state index contributed by atoms with van der Waals surface area (Å²) in [4.78, 5) is 8.21. The van der Waals surface area contributed by atoms with E-state index in [0.29, 0.717) is 6.61 Å². The van der Waals surface area contributed by atoms with Crippen LogP contribution in [0.3, 0.4) is 0 Å². The lowest BCUT2D eigenvalue weighted by atomic mass is 10.4. The van der Waals surface area contributed by atoms with Gasteiger partial charge in [-0.3, -0.25) is 0 Å². The zero-order chi connectivity index (χ0) is 15.9. The third-order valence-electron chi connectivity index (χ3n) is 2.16. The zero-order valence-electron chi connectivity index (χ0n) is 11.1. The van der Waals surface area contributed by atoms with Crippen LogP contribution in [-0.4, -0.2) is 32.0 Å². The summed E-state index contributed by atoms with van der Waals surface area (Å²) in [6.45, 7) is 2.13.